The van der Waals surface area contributed by atoms with Crippen LogP contribution in [0.5, 0.6) is 0 Å². The average Bonchev–Trinajstić information content (AvgIpc) is 2.78. The van der Waals surface area contributed by atoms with Gasteiger partial charge in [0.1, 0.15) is 0 Å². The Hall–Kier alpha value is 0.440. The van der Waals surface area contributed by atoms with Gasteiger partial charge < -0.3 is 21.5 Å². The zero-order valence-corrected chi connectivity index (χ0v) is 9.91. The van der Waals surface area contributed by atoms with E-state index in [1.807, 2.05) is 0 Å². The molecule has 0 aromatic rings. The highest BCUT2D eigenvalue weighted by Crippen LogP contribution is 2.10. The normalized spacial score (nSPS) is 53.2. The highest BCUT2D eigenvalue weighted by Gasteiger charge is 2.04. The fraction of sp³-hybridized carbons (Fsp3) is 1.00. The molecule has 1 nitrogen and oxygen atoms in total. The highest BCUT2D eigenvalue weighted by molar-refractivity contribution is 4.47. The SMILES string of the molecule is [2H]C([2H])([2H])C([2H])([2H])C([2H])([2H])C([2H])([2H])C([2H])([2H])C([2H])([2H])C([2H])([2H])C([2H])([2H])C([2H])([2H])C([2H])([2H])C([2H])([2H])C([2H])([2H])[N+](C([2H])([2H])[2H])(C([2H])([2H])[2H])C([2H])([2H])[2H].[Br-]. The molecule has 0 unspecified atom stereocenters. The van der Waals surface area contributed by atoms with Crippen molar-refractivity contribution in [3.63, 3.8) is 0 Å². The molecule has 0 aliphatic carbocycles. The maximum Gasteiger partial charge on any atom is 0.0924 e. The summed E-state index contributed by atoms with van der Waals surface area (Å²) < 4.78 is 264. The van der Waals surface area contributed by atoms with Crippen molar-refractivity contribution >= 4 is 0 Å². The smallest absolute Gasteiger partial charge is 0.0924 e. The molecule has 0 saturated heterocycles. The predicted octanol–water partition coefficient (Wildman–Crippen LogP) is 1.62. The summed E-state index contributed by atoms with van der Waals surface area (Å²) in [7, 11) is 0. The Kier molecular flexibility index (Phi) is 1.46. The molecule has 106 valence electrons. The molecule has 2 heteroatoms. The summed E-state index contributed by atoms with van der Waals surface area (Å²) in [4.78, 5) is 0. The number of halogens is 1. The van der Waals surface area contributed by atoms with Crippen LogP contribution in [0.25, 0.3) is 0 Å². The minimum Gasteiger partial charge on any atom is -1.00 e. The Labute approximate surface area is 168 Å². The summed E-state index contributed by atoms with van der Waals surface area (Å²) in [5.41, 5.74) is 0. The molecule has 0 atom stereocenters. The summed E-state index contributed by atoms with van der Waals surface area (Å²) in [5.74, 6) is 0. The van der Waals surface area contributed by atoms with E-state index in [1.165, 1.54) is 0 Å². The van der Waals surface area contributed by atoms with Crippen LogP contribution >= 0.6 is 0 Å². The summed E-state index contributed by atoms with van der Waals surface area (Å²) >= 11 is 0. The van der Waals surface area contributed by atoms with Crippen LogP contribution in [0.15, 0.2) is 0 Å². The summed E-state index contributed by atoms with van der Waals surface area (Å²) in [5, 5.41) is 0. The third-order valence-electron chi connectivity index (χ3n) is 0.786. The van der Waals surface area contributed by atoms with Crippen molar-refractivity contribution in [3.8, 4) is 0 Å². The number of nitrogens with zero attached hydrogens (tertiary/aromatic N) is 1. The maximum absolute atomic E-state index is 8.23. The molecule has 0 fully saturated rings. The van der Waals surface area contributed by atoms with Crippen LogP contribution in [-0.2, 0) is 0 Å². The van der Waals surface area contributed by atoms with Gasteiger partial charge in [0, 0.05) is 31.5 Å². The molecule has 0 amide bonds. The van der Waals surface area contributed by atoms with E-state index in [4.69, 9.17) is 46.6 Å². The Morgan fingerprint density at radius 3 is 1.71 bits per heavy atom. The Morgan fingerprint density at radius 2 is 1.24 bits per heavy atom. The number of hydrogen-bond donors (Lipinski definition) is 0. The lowest BCUT2D eigenvalue weighted by atomic mass is 10.1. The summed E-state index contributed by atoms with van der Waals surface area (Å²) in [6.45, 7) is -23.4. The van der Waals surface area contributed by atoms with Crippen molar-refractivity contribution in [1.82, 2.24) is 0 Å². The molecule has 0 saturated carbocycles. The summed E-state index contributed by atoms with van der Waals surface area (Å²) in [6.07, 6.45) is -50.0. The molecule has 0 bridgehead atoms. The van der Waals surface area contributed by atoms with Crippen LogP contribution in [0.1, 0.15) is 117 Å². The van der Waals surface area contributed by atoms with Crippen LogP contribution in [0.4, 0.5) is 0 Å². The third kappa shape index (κ3) is 19.0. The van der Waals surface area contributed by atoms with Crippen LogP contribution in [0.2, 0.25) is 0 Å². The molecule has 0 aromatic carbocycles. The van der Waals surface area contributed by atoms with Gasteiger partial charge in [0.15, 0.2) is 0 Å². The number of quaternary nitrogens is 1. The zero-order valence-electron chi connectivity index (χ0n) is 42.3. The van der Waals surface area contributed by atoms with Gasteiger partial charge in [0.25, 0.3) is 0 Å². The first kappa shape index (κ1) is 1.93. The average molecular weight is 343 g/mol. The van der Waals surface area contributed by atoms with Crippen LogP contribution in [0.3, 0.4) is 0 Å². The van der Waals surface area contributed by atoms with Gasteiger partial charge in [-0.2, -0.15) is 0 Å². The molecular weight excluding hydrogens is 274 g/mol. The molecule has 0 radical (unpaired) electrons. The van der Waals surface area contributed by atoms with Gasteiger partial charge in [-0.1, -0.05) is 57.8 Å². The zero-order chi connectivity index (χ0) is 42.0. The van der Waals surface area contributed by atoms with E-state index in [2.05, 4.69) is 0 Å². The molecule has 0 aliphatic rings. The van der Waals surface area contributed by atoms with Crippen molar-refractivity contribution in [1.29, 1.82) is 0 Å². The van der Waals surface area contributed by atoms with Gasteiger partial charge in [0.05, 0.1) is 42.5 Å². The lowest BCUT2D eigenvalue weighted by Gasteiger charge is -2.23. The number of hydrogen-bond acceptors (Lipinski definition) is 0. The van der Waals surface area contributed by atoms with Crippen molar-refractivity contribution < 1.29 is 68.1 Å². The largest absolute Gasteiger partial charge is 1.00 e. The quantitative estimate of drug-likeness (QED) is 0.501. The van der Waals surface area contributed by atoms with Crippen molar-refractivity contribution in [3.05, 3.63) is 0 Å². The van der Waals surface area contributed by atoms with E-state index < -0.39 is 102 Å². The van der Waals surface area contributed by atoms with E-state index in [-0.39, 0.29) is 17.0 Å². The van der Waals surface area contributed by atoms with E-state index in [1.54, 1.807) is 0 Å². The summed E-state index contributed by atoms with van der Waals surface area (Å²) in [6, 6.07) is 0. The van der Waals surface area contributed by atoms with Gasteiger partial charge >= 0.3 is 0 Å². The van der Waals surface area contributed by atoms with E-state index in [0.29, 0.717) is 0 Å². The van der Waals surface area contributed by atoms with E-state index >= 15 is 0 Å². The topological polar surface area (TPSA) is 0 Å². The van der Waals surface area contributed by atoms with E-state index in [9.17, 15) is 0 Å². The van der Waals surface area contributed by atoms with E-state index in [0.717, 1.165) is 0 Å². The first-order valence-electron chi connectivity index (χ1n) is 20.6. The molecule has 0 rings (SSSR count). The lowest BCUT2D eigenvalue weighted by molar-refractivity contribution is -0.870. The minimum atomic E-state index is -5.23. The molecule has 0 aliphatic heterocycles. The maximum atomic E-state index is 8.23. The fourth-order valence-corrected chi connectivity index (χ4v) is 0.362. The van der Waals surface area contributed by atoms with Gasteiger partial charge in [-0.05, 0) is 12.7 Å². The van der Waals surface area contributed by atoms with Gasteiger partial charge in [-0.3, -0.25) is 0 Å². The van der Waals surface area contributed by atoms with Crippen molar-refractivity contribution in [2.45, 2.75) is 70.6 Å². The van der Waals surface area contributed by atoms with Crippen LogP contribution < -0.4 is 17.0 Å². The Bertz CT molecular complexity index is 1200. The molecular formula is C15H34BrN. The molecule has 0 spiro atoms. The first-order chi connectivity index (χ1) is 20.8. The predicted molar refractivity (Wildman–Crippen MR) is 74.7 cm³/mol. The first-order valence-corrected chi connectivity index (χ1v) is 3.64. The molecule has 0 N–H and O–H groups in total. The highest BCUT2D eigenvalue weighted by atomic mass is 79.9. The monoisotopic (exact) mass is 341 g/mol. The van der Waals surface area contributed by atoms with Gasteiger partial charge in [0.2, 0.25) is 0 Å². The fourth-order valence-electron chi connectivity index (χ4n) is 0.362. The second-order valence-electron chi connectivity index (χ2n) is 2.03. The minimum absolute atomic E-state index is 0. The van der Waals surface area contributed by atoms with Gasteiger partial charge in [-0.25, -0.2) is 0 Å². The standard InChI is InChI=1S/C15H34N.BrH/c1-5-6-7-8-9-10-11-12-13-14-15-16(2,3)4;/h5-15H2,1-4H3;1H/q+1;/p-1/i1D3,2D3,3D3,4D3,5D2,6D2,7D2,8D2,9D2,10D2,11D2,12D2,13D2,14D2,15D2;. The van der Waals surface area contributed by atoms with Gasteiger partial charge in [-0.15, -0.1) is 0 Å². The molecule has 17 heavy (non-hydrogen) atoms. The molecule has 0 aromatic heterocycles. The van der Waals surface area contributed by atoms with Crippen molar-refractivity contribution in [2.24, 2.45) is 0 Å². The second-order valence-corrected chi connectivity index (χ2v) is 2.03. The lowest BCUT2D eigenvalue weighted by Crippen LogP contribution is -3.00. The number of rotatable bonds is 11. The Morgan fingerprint density at radius 1 is 0.765 bits per heavy atom. The third-order valence-corrected chi connectivity index (χ3v) is 0.786. The van der Waals surface area contributed by atoms with Crippen LogP contribution in [-0.4, -0.2) is 31.9 Å². The van der Waals surface area contributed by atoms with Crippen molar-refractivity contribution in [2.75, 3.05) is 27.4 Å². The van der Waals surface area contributed by atoms with Crippen LogP contribution in [0, 0.1) is 0 Å². The Balaban J connectivity index is 0. The second kappa shape index (κ2) is 12.9. The molecule has 0 heterocycles.